The zero-order valence-electron chi connectivity index (χ0n) is 16.9. The van der Waals surface area contributed by atoms with Crippen LogP contribution in [-0.2, 0) is 24.4 Å². The lowest BCUT2D eigenvalue weighted by Gasteiger charge is -2.16. The zero-order chi connectivity index (χ0) is 22.8. The van der Waals surface area contributed by atoms with Crippen LogP contribution in [0.2, 0.25) is 5.02 Å². The van der Waals surface area contributed by atoms with Crippen molar-refractivity contribution in [1.29, 1.82) is 0 Å². The Labute approximate surface area is 187 Å². The van der Waals surface area contributed by atoms with Crippen LogP contribution < -0.4 is 15.2 Å². The van der Waals surface area contributed by atoms with E-state index in [1.165, 1.54) is 27.8 Å². The first-order valence-corrected chi connectivity index (χ1v) is 10.2. The third-order valence-corrected chi connectivity index (χ3v) is 5.65. The lowest BCUT2D eigenvalue weighted by Crippen LogP contribution is -2.31. The van der Waals surface area contributed by atoms with Gasteiger partial charge in [-0.15, -0.1) is 0 Å². The standard InChI is InChI=1S/C23H19ClF2N2O4/c24-22-20(32-13-16-2-3-17(25)10-18(16)26)6-7-27(23(22)31)11-14-1-4-19-15(9-14)5-8-28(19)21(30)12-29/h1-4,6-7,9-10,29H,5,8,11-13H2. The van der Waals surface area contributed by atoms with Crippen LogP contribution in [0.15, 0.2) is 53.5 Å². The topological polar surface area (TPSA) is 71.8 Å². The number of amides is 1. The monoisotopic (exact) mass is 460 g/mol. The highest BCUT2D eigenvalue weighted by molar-refractivity contribution is 6.31. The fraction of sp³-hybridized carbons (Fsp3) is 0.217. The predicted molar refractivity (Wildman–Crippen MR) is 115 cm³/mol. The van der Waals surface area contributed by atoms with Crippen molar-refractivity contribution < 1.29 is 23.4 Å². The first-order valence-electron chi connectivity index (χ1n) is 9.86. The number of nitrogens with zero attached hydrogens (tertiary/aromatic N) is 2. The Bertz CT molecular complexity index is 1250. The molecule has 0 spiro atoms. The number of anilines is 1. The molecule has 0 fully saturated rings. The fourth-order valence-electron chi connectivity index (χ4n) is 3.65. The van der Waals surface area contributed by atoms with E-state index in [1.807, 2.05) is 12.1 Å². The molecule has 2 aromatic carbocycles. The van der Waals surface area contributed by atoms with Gasteiger partial charge in [0.1, 0.15) is 35.6 Å². The average Bonchev–Trinajstić information content (AvgIpc) is 3.20. The van der Waals surface area contributed by atoms with Crippen LogP contribution >= 0.6 is 11.6 Å². The van der Waals surface area contributed by atoms with Crippen LogP contribution in [0.25, 0.3) is 0 Å². The number of fused-ring (bicyclic) bond motifs is 1. The quantitative estimate of drug-likeness (QED) is 0.613. The highest BCUT2D eigenvalue weighted by atomic mass is 35.5. The molecule has 3 aromatic rings. The summed E-state index contributed by atoms with van der Waals surface area (Å²) >= 11 is 6.18. The Morgan fingerprint density at radius 3 is 2.72 bits per heavy atom. The number of halogens is 3. The normalized spacial score (nSPS) is 12.7. The summed E-state index contributed by atoms with van der Waals surface area (Å²) in [5, 5.41) is 8.95. The number of rotatable bonds is 6. The van der Waals surface area contributed by atoms with E-state index in [2.05, 4.69) is 0 Å². The second-order valence-corrected chi connectivity index (χ2v) is 7.75. The van der Waals surface area contributed by atoms with Gasteiger partial charge in [-0.3, -0.25) is 9.59 Å². The molecular weight excluding hydrogens is 442 g/mol. The average molecular weight is 461 g/mol. The number of aromatic nitrogens is 1. The summed E-state index contributed by atoms with van der Waals surface area (Å²) in [5.74, 6) is -1.68. The first kappa shape index (κ1) is 22.0. The summed E-state index contributed by atoms with van der Waals surface area (Å²) in [5.41, 5.74) is 2.24. The maximum Gasteiger partial charge on any atom is 0.273 e. The van der Waals surface area contributed by atoms with Crippen LogP contribution in [0.4, 0.5) is 14.5 Å². The number of carbonyl (C=O) groups excluding carboxylic acids is 1. The van der Waals surface area contributed by atoms with E-state index < -0.39 is 23.8 Å². The summed E-state index contributed by atoms with van der Waals surface area (Å²) in [6, 6.07) is 10.2. The number of hydrogen-bond donors (Lipinski definition) is 1. The van der Waals surface area contributed by atoms with Gasteiger partial charge < -0.3 is 19.3 Å². The molecule has 0 saturated heterocycles. The SMILES string of the molecule is O=C(CO)N1CCc2cc(Cn3ccc(OCc4ccc(F)cc4F)c(Cl)c3=O)ccc21. The van der Waals surface area contributed by atoms with Crippen LogP contribution in [-0.4, -0.2) is 28.7 Å². The van der Waals surface area contributed by atoms with E-state index in [0.29, 0.717) is 13.0 Å². The van der Waals surface area contributed by atoms with Crippen molar-refractivity contribution in [2.45, 2.75) is 19.6 Å². The molecule has 32 heavy (non-hydrogen) atoms. The highest BCUT2D eigenvalue weighted by Gasteiger charge is 2.24. The van der Waals surface area contributed by atoms with Crippen molar-refractivity contribution in [1.82, 2.24) is 4.57 Å². The van der Waals surface area contributed by atoms with Crippen molar-refractivity contribution in [3.05, 3.63) is 92.4 Å². The Morgan fingerprint density at radius 1 is 1.16 bits per heavy atom. The molecule has 2 heterocycles. The van der Waals surface area contributed by atoms with Gasteiger partial charge in [0.25, 0.3) is 11.5 Å². The number of benzene rings is 2. The van der Waals surface area contributed by atoms with Gasteiger partial charge in [0, 0.05) is 30.1 Å². The molecule has 4 rings (SSSR count). The lowest BCUT2D eigenvalue weighted by molar-refractivity contribution is -0.121. The number of ether oxygens (including phenoxy) is 1. The molecule has 1 aliphatic rings. The van der Waals surface area contributed by atoms with Crippen molar-refractivity contribution in [3.8, 4) is 5.75 Å². The minimum atomic E-state index is -0.745. The summed E-state index contributed by atoms with van der Waals surface area (Å²) in [6.45, 7) is 0.0117. The third kappa shape index (κ3) is 4.37. The van der Waals surface area contributed by atoms with Crippen LogP contribution in [0.1, 0.15) is 16.7 Å². The van der Waals surface area contributed by atoms with E-state index in [9.17, 15) is 18.4 Å². The van der Waals surface area contributed by atoms with Crippen molar-refractivity contribution >= 4 is 23.2 Å². The van der Waals surface area contributed by atoms with Crippen molar-refractivity contribution in [2.24, 2.45) is 0 Å². The molecule has 0 radical (unpaired) electrons. The Balaban J connectivity index is 1.49. The minimum absolute atomic E-state index is 0.101. The maximum absolute atomic E-state index is 13.8. The largest absolute Gasteiger partial charge is 0.487 e. The second kappa shape index (κ2) is 9.10. The summed E-state index contributed by atoms with van der Waals surface area (Å²) in [6.07, 6.45) is 2.19. The number of pyridine rings is 1. The zero-order valence-corrected chi connectivity index (χ0v) is 17.6. The number of hydrogen-bond acceptors (Lipinski definition) is 4. The number of carbonyl (C=O) groups is 1. The molecule has 0 bridgehead atoms. The molecule has 9 heteroatoms. The smallest absolute Gasteiger partial charge is 0.273 e. The van der Waals surface area contributed by atoms with Crippen LogP contribution in [0.5, 0.6) is 5.75 Å². The maximum atomic E-state index is 13.8. The van der Waals surface area contributed by atoms with E-state index in [4.69, 9.17) is 21.4 Å². The van der Waals surface area contributed by atoms with Gasteiger partial charge in [0.05, 0.1) is 6.54 Å². The van der Waals surface area contributed by atoms with Gasteiger partial charge in [0.2, 0.25) is 0 Å². The molecule has 0 saturated carbocycles. The fourth-order valence-corrected chi connectivity index (χ4v) is 3.88. The van der Waals surface area contributed by atoms with Crippen molar-refractivity contribution in [2.75, 3.05) is 18.1 Å². The second-order valence-electron chi connectivity index (χ2n) is 7.37. The molecule has 166 valence electrons. The number of aliphatic hydroxyl groups excluding tert-OH is 1. The van der Waals surface area contributed by atoms with Gasteiger partial charge in [-0.25, -0.2) is 8.78 Å². The van der Waals surface area contributed by atoms with Gasteiger partial charge in [-0.2, -0.15) is 0 Å². The van der Waals surface area contributed by atoms with Crippen LogP contribution in [0, 0.1) is 11.6 Å². The Kier molecular flexibility index (Phi) is 6.25. The number of aliphatic hydroxyl groups is 1. The summed E-state index contributed by atoms with van der Waals surface area (Å²) < 4.78 is 33.7. The van der Waals surface area contributed by atoms with Gasteiger partial charge in [-0.05, 0) is 41.8 Å². The highest BCUT2D eigenvalue weighted by Crippen LogP contribution is 2.29. The van der Waals surface area contributed by atoms with Gasteiger partial charge >= 0.3 is 0 Å². The lowest BCUT2D eigenvalue weighted by atomic mass is 10.1. The molecule has 1 aliphatic heterocycles. The third-order valence-electron chi connectivity index (χ3n) is 5.30. The minimum Gasteiger partial charge on any atom is -0.487 e. The van der Waals surface area contributed by atoms with E-state index in [1.54, 1.807) is 6.07 Å². The van der Waals surface area contributed by atoms with E-state index >= 15 is 0 Å². The Morgan fingerprint density at radius 2 is 1.97 bits per heavy atom. The molecular formula is C23H19ClF2N2O4. The van der Waals surface area contributed by atoms with Gasteiger partial charge in [-0.1, -0.05) is 23.7 Å². The summed E-state index contributed by atoms with van der Waals surface area (Å²) in [7, 11) is 0. The molecule has 0 unspecified atom stereocenters. The molecule has 1 amide bonds. The summed E-state index contributed by atoms with van der Waals surface area (Å²) in [4.78, 5) is 26.0. The Hall–Kier alpha value is -3.23. The molecule has 1 N–H and O–H groups in total. The molecule has 0 atom stereocenters. The first-order chi connectivity index (χ1) is 15.4. The van der Waals surface area contributed by atoms with Crippen molar-refractivity contribution in [3.63, 3.8) is 0 Å². The van der Waals surface area contributed by atoms with E-state index in [0.717, 1.165) is 28.9 Å². The predicted octanol–water partition coefficient (Wildman–Crippen LogP) is 3.29. The molecule has 6 nitrogen and oxygen atoms in total. The molecule has 0 aliphatic carbocycles. The van der Waals surface area contributed by atoms with Crippen LogP contribution in [0.3, 0.4) is 0 Å². The van der Waals surface area contributed by atoms with E-state index in [-0.39, 0.29) is 35.4 Å². The molecule has 1 aromatic heterocycles. The van der Waals surface area contributed by atoms with Gasteiger partial charge in [0.15, 0.2) is 0 Å².